The molecule has 2 fully saturated rings. The highest BCUT2D eigenvalue weighted by atomic mass is 32.2. The average molecular weight is 570 g/mol. The predicted octanol–water partition coefficient (Wildman–Crippen LogP) is 3.22. The molecule has 0 saturated carbocycles. The number of aromatic nitrogens is 3. The summed E-state index contributed by atoms with van der Waals surface area (Å²) in [5.41, 5.74) is 2.13. The number of anilines is 6. The number of rotatable bonds is 9. The molecule has 0 amide bonds. The molecule has 2 aromatic carbocycles. The normalized spacial score (nSPS) is 16.2. The van der Waals surface area contributed by atoms with Crippen LogP contribution in [0.3, 0.4) is 0 Å². The van der Waals surface area contributed by atoms with Gasteiger partial charge >= 0.3 is 0 Å². The third kappa shape index (κ3) is 6.21. The van der Waals surface area contributed by atoms with Gasteiger partial charge in [-0.25, -0.2) is 8.42 Å². The minimum atomic E-state index is -3.54. The SMILES string of the molecule is COc1cc(N2CCOCC2)ccc1Nc1nc(Nc2ccccc2S(=O)(=O)C(C)C)nc(N2CCOCC2)n1. The summed E-state index contributed by atoms with van der Waals surface area (Å²) in [6.07, 6.45) is 0. The van der Waals surface area contributed by atoms with Crippen molar-refractivity contribution in [2.75, 3.05) is 80.1 Å². The van der Waals surface area contributed by atoms with Crippen LogP contribution in [0.5, 0.6) is 5.75 Å². The van der Waals surface area contributed by atoms with Crippen LogP contribution in [0.4, 0.5) is 34.9 Å². The molecule has 0 radical (unpaired) electrons. The molecule has 0 aliphatic carbocycles. The third-order valence-corrected chi connectivity index (χ3v) is 9.00. The molecule has 3 heterocycles. The van der Waals surface area contributed by atoms with Gasteiger partial charge in [0.2, 0.25) is 17.8 Å². The zero-order chi connectivity index (χ0) is 28.1. The smallest absolute Gasteiger partial charge is 0.233 e. The van der Waals surface area contributed by atoms with Gasteiger partial charge in [-0.15, -0.1) is 0 Å². The predicted molar refractivity (Wildman–Crippen MR) is 154 cm³/mol. The fraction of sp³-hybridized carbons (Fsp3) is 0.444. The molecule has 214 valence electrons. The lowest BCUT2D eigenvalue weighted by atomic mass is 10.2. The van der Waals surface area contributed by atoms with E-state index < -0.39 is 15.1 Å². The molecular formula is C27H35N7O5S. The Kier molecular flexibility index (Phi) is 8.52. The van der Waals surface area contributed by atoms with Crippen molar-refractivity contribution >= 4 is 44.7 Å². The van der Waals surface area contributed by atoms with Crippen LogP contribution in [-0.4, -0.2) is 88.3 Å². The Morgan fingerprint density at radius 3 is 2.05 bits per heavy atom. The Labute approximate surface area is 234 Å². The second-order valence-corrected chi connectivity index (χ2v) is 12.2. The van der Waals surface area contributed by atoms with E-state index in [9.17, 15) is 8.42 Å². The summed E-state index contributed by atoms with van der Waals surface area (Å²) in [4.78, 5) is 18.4. The molecule has 2 aliphatic rings. The van der Waals surface area contributed by atoms with Gasteiger partial charge in [-0.1, -0.05) is 12.1 Å². The lowest BCUT2D eigenvalue weighted by Crippen LogP contribution is -2.37. The van der Waals surface area contributed by atoms with Crippen molar-refractivity contribution in [3.8, 4) is 5.75 Å². The number of sulfone groups is 1. The maximum Gasteiger partial charge on any atom is 0.233 e. The number of methoxy groups -OCH3 is 1. The van der Waals surface area contributed by atoms with Crippen molar-refractivity contribution in [3.05, 3.63) is 42.5 Å². The first-order valence-corrected chi connectivity index (χ1v) is 14.9. The standard InChI is InChI=1S/C27H35N7O5S/c1-19(2)40(35,36)24-7-5-4-6-22(24)29-26-30-25(31-27(32-26)34-12-16-39-17-13-34)28-21-9-8-20(18-23(21)37-3)33-10-14-38-15-11-33/h4-9,18-19H,10-17H2,1-3H3,(H2,28,29,30,31,32). The maximum absolute atomic E-state index is 13.0. The zero-order valence-corrected chi connectivity index (χ0v) is 23.8. The van der Waals surface area contributed by atoms with Gasteiger partial charge in [0.1, 0.15) is 5.75 Å². The lowest BCUT2D eigenvalue weighted by molar-refractivity contribution is 0.122. The number of hydrogen-bond donors (Lipinski definition) is 2. The van der Waals surface area contributed by atoms with Crippen LogP contribution in [0.1, 0.15) is 13.8 Å². The van der Waals surface area contributed by atoms with Gasteiger partial charge in [0.05, 0.1) is 55.1 Å². The number of ether oxygens (including phenoxy) is 3. The van der Waals surface area contributed by atoms with E-state index >= 15 is 0 Å². The van der Waals surface area contributed by atoms with Gasteiger partial charge in [0.15, 0.2) is 9.84 Å². The minimum absolute atomic E-state index is 0.188. The molecule has 2 aliphatic heterocycles. The quantitative estimate of drug-likeness (QED) is 0.392. The molecule has 2 N–H and O–H groups in total. The van der Waals surface area contributed by atoms with Crippen molar-refractivity contribution in [1.82, 2.24) is 15.0 Å². The molecular weight excluding hydrogens is 534 g/mol. The van der Waals surface area contributed by atoms with Crippen LogP contribution in [0, 0.1) is 0 Å². The summed E-state index contributed by atoms with van der Waals surface area (Å²) in [5, 5.41) is 5.83. The third-order valence-electron chi connectivity index (χ3n) is 6.79. The topological polar surface area (TPSA) is 131 Å². The highest BCUT2D eigenvalue weighted by Gasteiger charge is 2.24. The van der Waals surface area contributed by atoms with Crippen LogP contribution >= 0.6 is 0 Å². The van der Waals surface area contributed by atoms with Crippen LogP contribution in [0.2, 0.25) is 0 Å². The van der Waals surface area contributed by atoms with Gasteiger partial charge in [-0.2, -0.15) is 15.0 Å². The van der Waals surface area contributed by atoms with Crippen LogP contribution < -0.4 is 25.2 Å². The Morgan fingerprint density at radius 1 is 0.825 bits per heavy atom. The van der Waals surface area contributed by atoms with Gasteiger partial charge in [0.25, 0.3) is 0 Å². The van der Waals surface area contributed by atoms with Crippen molar-refractivity contribution < 1.29 is 22.6 Å². The first-order valence-electron chi connectivity index (χ1n) is 13.3. The van der Waals surface area contributed by atoms with E-state index in [1.807, 2.05) is 23.1 Å². The number of benzene rings is 2. The molecule has 0 bridgehead atoms. The Bertz CT molecular complexity index is 1420. The average Bonchev–Trinajstić information content (AvgIpc) is 2.98. The van der Waals surface area contributed by atoms with Gasteiger partial charge in [0, 0.05) is 37.9 Å². The first-order chi connectivity index (χ1) is 19.3. The molecule has 2 saturated heterocycles. The van der Waals surface area contributed by atoms with Crippen molar-refractivity contribution in [3.63, 3.8) is 0 Å². The monoisotopic (exact) mass is 569 g/mol. The van der Waals surface area contributed by atoms with Gasteiger partial charge in [-0.3, -0.25) is 0 Å². The molecule has 0 unspecified atom stereocenters. The van der Waals surface area contributed by atoms with E-state index in [1.165, 1.54) is 0 Å². The van der Waals surface area contributed by atoms with Crippen molar-refractivity contribution in [2.45, 2.75) is 24.0 Å². The number of nitrogens with one attached hydrogen (secondary N) is 2. The van der Waals surface area contributed by atoms with Gasteiger partial charge in [-0.05, 0) is 38.1 Å². The first kappa shape index (κ1) is 27.9. The van der Waals surface area contributed by atoms with Crippen LogP contribution in [0.15, 0.2) is 47.4 Å². The summed E-state index contributed by atoms with van der Waals surface area (Å²) >= 11 is 0. The Morgan fingerprint density at radius 2 is 1.43 bits per heavy atom. The zero-order valence-electron chi connectivity index (χ0n) is 23.0. The molecule has 0 spiro atoms. The number of para-hydroxylation sites is 1. The summed E-state index contributed by atoms with van der Waals surface area (Å²) in [6.45, 7) is 8.69. The number of hydrogen-bond acceptors (Lipinski definition) is 12. The Hall–Kier alpha value is -3.68. The van der Waals surface area contributed by atoms with E-state index in [0.29, 0.717) is 68.5 Å². The van der Waals surface area contributed by atoms with E-state index in [4.69, 9.17) is 14.2 Å². The second kappa shape index (κ2) is 12.2. The van der Waals surface area contributed by atoms with Crippen molar-refractivity contribution in [2.24, 2.45) is 0 Å². The lowest BCUT2D eigenvalue weighted by Gasteiger charge is -2.29. The molecule has 0 atom stereocenters. The summed E-state index contributed by atoms with van der Waals surface area (Å²) in [6, 6.07) is 12.7. The molecule has 12 nitrogen and oxygen atoms in total. The molecule has 40 heavy (non-hydrogen) atoms. The molecule has 5 rings (SSSR count). The Balaban J connectivity index is 1.48. The maximum atomic E-state index is 13.0. The van der Waals surface area contributed by atoms with E-state index in [2.05, 4.69) is 30.5 Å². The fourth-order valence-corrected chi connectivity index (χ4v) is 5.70. The molecule has 1 aromatic heterocycles. The fourth-order valence-electron chi connectivity index (χ4n) is 4.50. The number of nitrogens with zero attached hydrogens (tertiary/aromatic N) is 5. The van der Waals surface area contributed by atoms with Crippen LogP contribution in [-0.2, 0) is 19.3 Å². The molecule has 3 aromatic rings. The van der Waals surface area contributed by atoms with E-state index in [1.54, 1.807) is 45.2 Å². The summed E-state index contributed by atoms with van der Waals surface area (Å²) in [5.74, 6) is 1.60. The highest BCUT2D eigenvalue weighted by molar-refractivity contribution is 7.92. The van der Waals surface area contributed by atoms with E-state index in [0.717, 1.165) is 18.8 Å². The second-order valence-electron chi connectivity index (χ2n) is 9.71. The summed E-state index contributed by atoms with van der Waals surface area (Å²) < 4.78 is 42.7. The van der Waals surface area contributed by atoms with E-state index in [-0.39, 0.29) is 10.8 Å². The largest absolute Gasteiger partial charge is 0.494 e. The minimum Gasteiger partial charge on any atom is -0.494 e. The molecule has 13 heteroatoms. The summed E-state index contributed by atoms with van der Waals surface area (Å²) in [7, 11) is -1.92. The highest BCUT2D eigenvalue weighted by Crippen LogP contribution is 2.33. The van der Waals surface area contributed by atoms with Crippen molar-refractivity contribution in [1.29, 1.82) is 0 Å². The van der Waals surface area contributed by atoms with Gasteiger partial charge < -0.3 is 34.6 Å². The number of morpholine rings is 2. The van der Waals surface area contributed by atoms with Crippen LogP contribution in [0.25, 0.3) is 0 Å².